The second-order valence-corrected chi connectivity index (χ2v) is 10.7. The molecule has 0 bridgehead atoms. The zero-order valence-electron chi connectivity index (χ0n) is 23.0. The number of halogens is 5. The number of fused-ring (bicyclic) bond motifs is 3. The number of aromatic nitrogens is 3. The number of amides is 3. The first kappa shape index (κ1) is 30.5. The Morgan fingerprint density at radius 1 is 1.10 bits per heavy atom. The van der Waals surface area contributed by atoms with Gasteiger partial charge in [0.15, 0.2) is 5.82 Å². The first-order chi connectivity index (χ1) is 19.5. The van der Waals surface area contributed by atoms with Gasteiger partial charge in [-0.2, -0.15) is 13.2 Å². The van der Waals surface area contributed by atoms with Crippen LogP contribution in [0.4, 0.5) is 28.2 Å². The van der Waals surface area contributed by atoms with E-state index in [1.54, 1.807) is 20.8 Å². The van der Waals surface area contributed by atoms with Gasteiger partial charge < -0.3 is 4.74 Å². The molecule has 4 rings (SSSR count). The summed E-state index contributed by atoms with van der Waals surface area (Å²) >= 11 is 6.09. The number of carbonyl (C=O) groups excluding carboxylic acids is 3. The number of hydrogen-bond donors (Lipinski definition) is 1. The smallest absolute Gasteiger partial charge is 0.416 e. The van der Waals surface area contributed by atoms with E-state index in [9.17, 15) is 27.6 Å². The third-order valence-corrected chi connectivity index (χ3v) is 6.39. The van der Waals surface area contributed by atoms with Crippen LogP contribution in [0.25, 0.3) is 16.6 Å². The van der Waals surface area contributed by atoms with Crippen LogP contribution < -0.4 is 5.32 Å². The fourth-order valence-corrected chi connectivity index (χ4v) is 4.21. The molecular formula is C27H25ClF4N6O4. The minimum absolute atomic E-state index is 0.0302. The largest absolute Gasteiger partial charge is 0.444 e. The number of hydrazine groups is 1. The van der Waals surface area contributed by atoms with Gasteiger partial charge in [-0.3, -0.25) is 24.3 Å². The van der Waals surface area contributed by atoms with E-state index in [-0.39, 0.29) is 27.4 Å². The van der Waals surface area contributed by atoms with E-state index < -0.39 is 53.2 Å². The summed E-state index contributed by atoms with van der Waals surface area (Å²) in [5.74, 6) is -2.57. The van der Waals surface area contributed by atoms with Crippen LogP contribution in [0.15, 0.2) is 42.9 Å². The summed E-state index contributed by atoms with van der Waals surface area (Å²) in [7, 11) is 1.25. The van der Waals surface area contributed by atoms with Crippen LogP contribution in [-0.4, -0.2) is 54.9 Å². The first-order valence-corrected chi connectivity index (χ1v) is 12.7. The molecule has 42 heavy (non-hydrogen) atoms. The number of hydrogen-bond acceptors (Lipinski definition) is 6. The SMILES string of the molecule is CC(=O)N(C)N(Cc1ccc(C(F)(F)F)cc1Cl)C(=O)c1cc2c(cc1F)nc(NC(=O)OC(C)(C)C)c1cncn12. The second kappa shape index (κ2) is 11.1. The number of alkyl halides is 3. The molecule has 0 saturated carbocycles. The summed E-state index contributed by atoms with van der Waals surface area (Å²) in [6.07, 6.45) is -2.67. The van der Waals surface area contributed by atoms with E-state index in [1.165, 1.54) is 30.0 Å². The molecule has 10 nitrogen and oxygen atoms in total. The predicted molar refractivity (Wildman–Crippen MR) is 145 cm³/mol. The van der Waals surface area contributed by atoms with Crippen molar-refractivity contribution >= 4 is 51.9 Å². The predicted octanol–water partition coefficient (Wildman–Crippen LogP) is 6.08. The first-order valence-electron chi connectivity index (χ1n) is 12.3. The minimum Gasteiger partial charge on any atom is -0.444 e. The molecule has 4 aromatic rings. The van der Waals surface area contributed by atoms with Gasteiger partial charge in [0.05, 0.1) is 41.2 Å². The summed E-state index contributed by atoms with van der Waals surface area (Å²) in [6, 6.07) is 4.74. The molecule has 2 aromatic heterocycles. The van der Waals surface area contributed by atoms with Crippen molar-refractivity contribution < 1.29 is 36.7 Å². The van der Waals surface area contributed by atoms with Crippen molar-refractivity contribution in [1.29, 1.82) is 0 Å². The number of rotatable bonds is 4. The number of carbonyl (C=O) groups is 3. The standard InChI is InChI=1S/C27H25ClF4N6O4/c1-14(39)36(5)38(12-15-6-7-16(8-18(15)28)27(30,31)32)24(40)17-9-21-20(10-19(17)29)34-23(22-11-33-13-37(21)22)35-25(41)42-26(2,3)4/h6-11,13H,12H2,1-5H3,(H,34,35,41). The van der Waals surface area contributed by atoms with Crippen LogP contribution in [0.3, 0.4) is 0 Å². The molecule has 2 heterocycles. The van der Waals surface area contributed by atoms with Crippen molar-refractivity contribution in [3.05, 3.63) is 70.4 Å². The maximum atomic E-state index is 15.5. The van der Waals surface area contributed by atoms with Gasteiger partial charge in [-0.15, -0.1) is 0 Å². The van der Waals surface area contributed by atoms with E-state index in [4.69, 9.17) is 16.3 Å². The summed E-state index contributed by atoms with van der Waals surface area (Å²) in [5.41, 5.74) is -1.56. The number of benzene rings is 2. The zero-order chi connectivity index (χ0) is 31.1. The van der Waals surface area contributed by atoms with Gasteiger partial charge in [-0.25, -0.2) is 24.2 Å². The molecule has 0 aliphatic rings. The highest BCUT2D eigenvalue weighted by Crippen LogP contribution is 2.33. The van der Waals surface area contributed by atoms with Gasteiger partial charge in [0.25, 0.3) is 5.91 Å². The Morgan fingerprint density at radius 2 is 1.79 bits per heavy atom. The summed E-state index contributed by atoms with van der Waals surface area (Å²) in [4.78, 5) is 46.6. The topological polar surface area (TPSA) is 109 Å². The third kappa shape index (κ3) is 6.38. The number of ether oxygens (including phenoxy) is 1. The van der Waals surface area contributed by atoms with Gasteiger partial charge in [0.1, 0.15) is 16.9 Å². The zero-order valence-corrected chi connectivity index (χ0v) is 23.8. The lowest BCUT2D eigenvalue weighted by Gasteiger charge is -2.31. The maximum absolute atomic E-state index is 15.5. The maximum Gasteiger partial charge on any atom is 0.416 e. The fourth-order valence-electron chi connectivity index (χ4n) is 3.97. The van der Waals surface area contributed by atoms with Gasteiger partial charge in [-0.1, -0.05) is 17.7 Å². The summed E-state index contributed by atoms with van der Waals surface area (Å²) in [6.45, 7) is 5.76. The Labute approximate surface area is 241 Å². The van der Waals surface area contributed by atoms with Crippen molar-refractivity contribution in [2.24, 2.45) is 0 Å². The molecular weight excluding hydrogens is 584 g/mol. The van der Waals surface area contributed by atoms with E-state index in [0.717, 1.165) is 35.1 Å². The molecule has 1 N–H and O–H groups in total. The van der Waals surface area contributed by atoms with Crippen LogP contribution in [0.1, 0.15) is 49.2 Å². The van der Waals surface area contributed by atoms with Crippen molar-refractivity contribution in [2.75, 3.05) is 12.4 Å². The molecule has 222 valence electrons. The Kier molecular flexibility index (Phi) is 8.05. The summed E-state index contributed by atoms with van der Waals surface area (Å²) in [5, 5.41) is 3.97. The van der Waals surface area contributed by atoms with Gasteiger partial charge in [0, 0.05) is 25.1 Å². The molecule has 0 aliphatic heterocycles. The summed E-state index contributed by atoms with van der Waals surface area (Å²) < 4.78 is 61.5. The number of nitrogens with zero attached hydrogens (tertiary/aromatic N) is 5. The Balaban J connectivity index is 1.76. The van der Waals surface area contributed by atoms with Crippen LogP contribution in [0.2, 0.25) is 5.02 Å². The molecule has 2 aromatic carbocycles. The fraction of sp³-hybridized carbons (Fsp3) is 0.296. The van der Waals surface area contributed by atoms with Crippen LogP contribution in [-0.2, 0) is 22.3 Å². The monoisotopic (exact) mass is 608 g/mol. The van der Waals surface area contributed by atoms with E-state index in [0.29, 0.717) is 11.6 Å². The molecule has 0 unspecified atom stereocenters. The molecule has 3 amide bonds. The Morgan fingerprint density at radius 3 is 2.38 bits per heavy atom. The van der Waals surface area contributed by atoms with Crippen LogP contribution in [0, 0.1) is 5.82 Å². The highest BCUT2D eigenvalue weighted by molar-refractivity contribution is 6.31. The van der Waals surface area contributed by atoms with E-state index >= 15 is 4.39 Å². The van der Waals surface area contributed by atoms with Crippen LogP contribution in [0.5, 0.6) is 0 Å². The molecule has 0 spiro atoms. The van der Waals surface area contributed by atoms with Gasteiger partial charge >= 0.3 is 12.3 Å². The van der Waals surface area contributed by atoms with Crippen molar-refractivity contribution in [2.45, 2.75) is 46.0 Å². The highest BCUT2D eigenvalue weighted by Gasteiger charge is 2.32. The third-order valence-electron chi connectivity index (χ3n) is 6.04. The quantitative estimate of drug-likeness (QED) is 0.222. The van der Waals surface area contributed by atoms with E-state index in [2.05, 4.69) is 15.3 Å². The minimum atomic E-state index is -4.64. The highest BCUT2D eigenvalue weighted by atomic mass is 35.5. The van der Waals surface area contributed by atoms with Crippen molar-refractivity contribution in [3.8, 4) is 0 Å². The van der Waals surface area contributed by atoms with Gasteiger partial charge in [-0.05, 0) is 44.5 Å². The molecule has 0 radical (unpaired) electrons. The molecule has 0 fully saturated rings. The van der Waals surface area contributed by atoms with Gasteiger partial charge in [0.2, 0.25) is 5.91 Å². The van der Waals surface area contributed by atoms with Crippen molar-refractivity contribution in [1.82, 2.24) is 24.4 Å². The Bertz CT molecular complexity index is 1720. The average molecular weight is 609 g/mol. The average Bonchev–Trinajstić information content (AvgIpc) is 3.36. The lowest BCUT2D eigenvalue weighted by atomic mass is 10.1. The van der Waals surface area contributed by atoms with E-state index in [1.807, 2.05) is 0 Å². The second-order valence-electron chi connectivity index (χ2n) is 10.3. The molecule has 15 heteroatoms. The lowest BCUT2D eigenvalue weighted by Crippen LogP contribution is -2.46. The molecule has 0 atom stereocenters. The molecule has 0 saturated heterocycles. The Hall–Kier alpha value is -4.46. The lowest BCUT2D eigenvalue weighted by molar-refractivity contribution is -0.140. The van der Waals surface area contributed by atoms with Crippen LogP contribution >= 0.6 is 11.6 Å². The number of nitrogens with one attached hydrogen (secondary N) is 1. The van der Waals surface area contributed by atoms with Crippen molar-refractivity contribution in [3.63, 3.8) is 0 Å². The number of imidazole rings is 1. The normalized spacial score (nSPS) is 12.0. The molecule has 0 aliphatic carbocycles. The number of anilines is 1.